The maximum atomic E-state index is 11.6. The molecule has 20 heavy (non-hydrogen) atoms. The van der Waals surface area contributed by atoms with Crippen LogP contribution in [0.5, 0.6) is 0 Å². The fraction of sp³-hybridized carbons (Fsp3) is 0.562. The van der Waals surface area contributed by atoms with Crippen LogP contribution in [-0.2, 0) is 11.2 Å². The Morgan fingerprint density at radius 3 is 2.50 bits per heavy atom. The second kappa shape index (κ2) is 8.59. The van der Waals surface area contributed by atoms with Gasteiger partial charge in [0.2, 0.25) is 5.91 Å². The lowest BCUT2D eigenvalue weighted by Crippen LogP contribution is -2.36. The molecule has 1 unspecified atom stereocenters. The minimum atomic E-state index is 0.121. The smallest absolute Gasteiger partial charge is 0.219 e. The van der Waals surface area contributed by atoms with Crippen LogP contribution >= 0.6 is 0 Å². The summed E-state index contributed by atoms with van der Waals surface area (Å²) in [5.74, 6) is 0.121. The molecule has 0 spiro atoms. The number of nitrogen functional groups attached to an aromatic ring is 1. The highest BCUT2D eigenvalue weighted by Crippen LogP contribution is 2.11. The number of amides is 1. The van der Waals surface area contributed by atoms with Gasteiger partial charge >= 0.3 is 0 Å². The highest BCUT2D eigenvalue weighted by Gasteiger charge is 2.12. The molecule has 112 valence electrons. The van der Waals surface area contributed by atoms with E-state index in [4.69, 9.17) is 5.73 Å². The van der Waals surface area contributed by atoms with Gasteiger partial charge in [-0.25, -0.2) is 0 Å². The summed E-state index contributed by atoms with van der Waals surface area (Å²) >= 11 is 0. The third-order valence-corrected chi connectivity index (χ3v) is 3.31. The Hall–Kier alpha value is -1.55. The lowest BCUT2D eigenvalue weighted by atomic mass is 10.0. The number of nitrogens with zero attached hydrogens (tertiary/aromatic N) is 1. The Bertz CT molecular complexity index is 401. The number of benzene rings is 1. The predicted molar refractivity (Wildman–Crippen MR) is 84.6 cm³/mol. The van der Waals surface area contributed by atoms with Crippen molar-refractivity contribution in [2.45, 2.75) is 38.6 Å². The molecule has 4 nitrogen and oxygen atoms in total. The quantitative estimate of drug-likeness (QED) is 0.715. The fourth-order valence-electron chi connectivity index (χ4n) is 2.15. The molecular weight excluding hydrogens is 250 g/mol. The van der Waals surface area contributed by atoms with Crippen molar-refractivity contribution in [2.75, 3.05) is 26.4 Å². The summed E-state index contributed by atoms with van der Waals surface area (Å²) in [5.41, 5.74) is 7.68. The van der Waals surface area contributed by atoms with Crippen molar-refractivity contribution in [1.29, 1.82) is 0 Å². The molecule has 0 aliphatic heterocycles. The molecule has 4 heteroatoms. The lowest BCUT2D eigenvalue weighted by Gasteiger charge is -2.20. The summed E-state index contributed by atoms with van der Waals surface area (Å²) < 4.78 is 0. The van der Waals surface area contributed by atoms with E-state index in [-0.39, 0.29) is 11.9 Å². The molecule has 1 aromatic carbocycles. The molecule has 0 aliphatic rings. The van der Waals surface area contributed by atoms with Gasteiger partial charge in [-0.2, -0.15) is 0 Å². The first-order valence-electron chi connectivity index (χ1n) is 7.29. The second-order valence-corrected chi connectivity index (χ2v) is 5.51. The highest BCUT2D eigenvalue weighted by atomic mass is 16.1. The van der Waals surface area contributed by atoms with Gasteiger partial charge < -0.3 is 16.0 Å². The Kier molecular flexibility index (Phi) is 7.09. The largest absolute Gasteiger partial charge is 0.399 e. The van der Waals surface area contributed by atoms with Crippen LogP contribution < -0.4 is 11.1 Å². The zero-order valence-corrected chi connectivity index (χ0v) is 12.9. The first-order chi connectivity index (χ1) is 9.51. The minimum Gasteiger partial charge on any atom is -0.399 e. The van der Waals surface area contributed by atoms with Gasteiger partial charge in [0.05, 0.1) is 0 Å². The molecule has 1 rings (SSSR count). The van der Waals surface area contributed by atoms with Crippen molar-refractivity contribution in [3.63, 3.8) is 0 Å². The first kappa shape index (κ1) is 16.5. The molecule has 0 aliphatic carbocycles. The Labute approximate surface area is 122 Å². The molecule has 0 aromatic heterocycles. The Morgan fingerprint density at radius 2 is 1.95 bits per heavy atom. The van der Waals surface area contributed by atoms with Crippen molar-refractivity contribution in [3.8, 4) is 0 Å². The summed E-state index contributed by atoms with van der Waals surface area (Å²) in [7, 11) is 4.14. The average molecular weight is 277 g/mol. The van der Waals surface area contributed by atoms with Gasteiger partial charge in [-0.1, -0.05) is 19.1 Å². The van der Waals surface area contributed by atoms with E-state index < -0.39 is 0 Å². The van der Waals surface area contributed by atoms with Gasteiger partial charge in [0, 0.05) is 18.2 Å². The third-order valence-electron chi connectivity index (χ3n) is 3.31. The number of nitrogens with one attached hydrogen (secondary N) is 1. The van der Waals surface area contributed by atoms with Gasteiger partial charge in [-0.3, -0.25) is 4.79 Å². The van der Waals surface area contributed by atoms with Crippen molar-refractivity contribution in [2.24, 2.45) is 0 Å². The van der Waals surface area contributed by atoms with E-state index in [1.807, 2.05) is 31.2 Å². The SMILES string of the molecule is CCC(=O)NC(CCCN(C)C)Cc1ccc(N)cc1. The molecule has 0 radical (unpaired) electrons. The molecule has 0 saturated carbocycles. The summed E-state index contributed by atoms with van der Waals surface area (Å²) in [6.45, 7) is 2.93. The van der Waals surface area contributed by atoms with Gasteiger partial charge in [-0.05, 0) is 57.6 Å². The van der Waals surface area contributed by atoms with Crippen molar-refractivity contribution < 1.29 is 4.79 Å². The second-order valence-electron chi connectivity index (χ2n) is 5.51. The average Bonchev–Trinajstić information content (AvgIpc) is 2.40. The van der Waals surface area contributed by atoms with E-state index in [9.17, 15) is 4.79 Å². The van der Waals surface area contributed by atoms with Crippen LogP contribution in [-0.4, -0.2) is 37.5 Å². The van der Waals surface area contributed by atoms with Crippen LogP contribution in [0.3, 0.4) is 0 Å². The van der Waals surface area contributed by atoms with Crippen LogP contribution in [0.2, 0.25) is 0 Å². The number of hydrogen-bond acceptors (Lipinski definition) is 3. The number of hydrogen-bond donors (Lipinski definition) is 2. The molecule has 3 N–H and O–H groups in total. The maximum Gasteiger partial charge on any atom is 0.219 e. The van der Waals surface area contributed by atoms with E-state index in [1.54, 1.807) is 0 Å². The standard InChI is InChI=1S/C16H27N3O/c1-4-16(20)18-15(6-5-11-19(2)3)12-13-7-9-14(17)10-8-13/h7-10,15H,4-6,11-12,17H2,1-3H3,(H,18,20). The van der Waals surface area contributed by atoms with E-state index >= 15 is 0 Å². The maximum absolute atomic E-state index is 11.6. The van der Waals surface area contributed by atoms with Crippen LogP contribution in [0.25, 0.3) is 0 Å². The predicted octanol–water partition coefficient (Wildman–Crippen LogP) is 2.05. The van der Waals surface area contributed by atoms with Gasteiger partial charge in [0.15, 0.2) is 0 Å². The number of carbonyl (C=O) groups excluding carboxylic acids is 1. The van der Waals surface area contributed by atoms with E-state index in [0.717, 1.165) is 31.5 Å². The van der Waals surface area contributed by atoms with Crippen LogP contribution in [0.4, 0.5) is 5.69 Å². The summed E-state index contributed by atoms with van der Waals surface area (Å²) in [6.07, 6.45) is 3.47. The molecule has 0 saturated heterocycles. The van der Waals surface area contributed by atoms with E-state index in [2.05, 4.69) is 24.3 Å². The van der Waals surface area contributed by atoms with Crippen molar-refractivity contribution in [1.82, 2.24) is 10.2 Å². The number of nitrogens with two attached hydrogens (primary N) is 1. The molecule has 0 bridgehead atoms. The van der Waals surface area contributed by atoms with Crippen LogP contribution in [0, 0.1) is 0 Å². The van der Waals surface area contributed by atoms with Crippen molar-refractivity contribution >= 4 is 11.6 Å². The fourth-order valence-corrected chi connectivity index (χ4v) is 2.15. The van der Waals surface area contributed by atoms with Crippen LogP contribution in [0.15, 0.2) is 24.3 Å². The summed E-state index contributed by atoms with van der Waals surface area (Å²) in [4.78, 5) is 13.8. The normalized spacial score (nSPS) is 12.4. The number of rotatable bonds is 8. The molecule has 0 heterocycles. The highest BCUT2D eigenvalue weighted by molar-refractivity contribution is 5.75. The zero-order valence-electron chi connectivity index (χ0n) is 12.9. The summed E-state index contributed by atoms with van der Waals surface area (Å²) in [5, 5.41) is 3.11. The monoisotopic (exact) mass is 277 g/mol. The molecule has 1 atom stereocenters. The molecular formula is C16H27N3O. The topological polar surface area (TPSA) is 58.4 Å². The number of anilines is 1. The third kappa shape index (κ3) is 6.57. The number of carbonyl (C=O) groups is 1. The first-order valence-corrected chi connectivity index (χ1v) is 7.29. The van der Waals surface area contributed by atoms with Gasteiger partial charge in [0.25, 0.3) is 0 Å². The van der Waals surface area contributed by atoms with E-state index in [0.29, 0.717) is 6.42 Å². The zero-order chi connectivity index (χ0) is 15.0. The molecule has 1 aromatic rings. The molecule has 1 amide bonds. The van der Waals surface area contributed by atoms with E-state index in [1.165, 1.54) is 5.56 Å². The lowest BCUT2D eigenvalue weighted by molar-refractivity contribution is -0.121. The van der Waals surface area contributed by atoms with Gasteiger partial charge in [0.1, 0.15) is 0 Å². The Morgan fingerprint density at radius 1 is 1.30 bits per heavy atom. The van der Waals surface area contributed by atoms with Crippen LogP contribution in [0.1, 0.15) is 31.7 Å². The van der Waals surface area contributed by atoms with Gasteiger partial charge in [-0.15, -0.1) is 0 Å². The molecule has 0 fully saturated rings. The summed E-state index contributed by atoms with van der Waals surface area (Å²) in [6, 6.07) is 8.09. The Balaban J connectivity index is 2.56. The van der Waals surface area contributed by atoms with Crippen molar-refractivity contribution in [3.05, 3.63) is 29.8 Å². The minimum absolute atomic E-state index is 0.121.